The fourth-order valence-electron chi connectivity index (χ4n) is 4.76. The summed E-state index contributed by atoms with van der Waals surface area (Å²) < 4.78 is 5.64. The van der Waals surface area contributed by atoms with E-state index in [2.05, 4.69) is 46.3 Å². The molecule has 2 aliphatic rings. The second-order valence-electron chi connectivity index (χ2n) is 8.55. The molecule has 0 unspecified atom stereocenters. The van der Waals surface area contributed by atoms with Crippen molar-refractivity contribution in [2.75, 3.05) is 38.8 Å². The molecule has 3 heterocycles. The zero-order valence-electron chi connectivity index (χ0n) is 17.5. The van der Waals surface area contributed by atoms with Crippen LogP contribution in [-0.2, 0) is 16.0 Å². The van der Waals surface area contributed by atoms with Crippen LogP contribution in [0.4, 0.5) is 5.82 Å². The van der Waals surface area contributed by atoms with Gasteiger partial charge in [0, 0.05) is 40.1 Å². The van der Waals surface area contributed by atoms with Crippen molar-refractivity contribution in [2.45, 2.75) is 38.1 Å². The molecular formula is C24H31N3O2. The average Bonchev–Trinajstić information content (AvgIpc) is 3.24. The van der Waals surface area contributed by atoms with Crippen LogP contribution < -0.4 is 4.90 Å². The molecular weight excluding hydrogens is 362 g/mol. The molecule has 0 radical (unpaired) electrons. The Morgan fingerprint density at radius 3 is 2.69 bits per heavy atom. The Balaban J connectivity index is 1.62. The van der Waals surface area contributed by atoms with Crippen LogP contribution in [0.15, 0.2) is 48.7 Å². The third-order valence-electron chi connectivity index (χ3n) is 6.42. The number of benzene rings is 1. The number of hydrogen-bond donors (Lipinski definition) is 0. The number of amides is 1. The van der Waals surface area contributed by atoms with Crippen LogP contribution >= 0.6 is 0 Å². The standard InChI is InChI=1S/C24H31N3O2/c1-26(2)22-17-20(10-13-25-22)21-9-6-14-27(21)23(28)24(11-15-29-16-12-24)18-19-7-4-3-5-8-19/h3-5,7-8,10,13,17,21H,6,9,11-12,14-16,18H2,1-2H3/t21-/m0/s1. The number of likely N-dealkylation sites (tertiary alicyclic amines) is 1. The maximum absolute atomic E-state index is 14.0. The van der Waals surface area contributed by atoms with Crippen LogP contribution in [0.1, 0.15) is 42.9 Å². The van der Waals surface area contributed by atoms with Crippen LogP contribution in [0.5, 0.6) is 0 Å². The number of pyridine rings is 1. The lowest BCUT2D eigenvalue weighted by atomic mass is 9.73. The van der Waals surface area contributed by atoms with Crippen LogP contribution in [0.25, 0.3) is 0 Å². The largest absolute Gasteiger partial charge is 0.381 e. The molecule has 1 aromatic heterocycles. The predicted octanol–water partition coefficient (Wildman–Crippen LogP) is 3.85. The summed E-state index contributed by atoms with van der Waals surface area (Å²) in [6.07, 6.45) is 6.30. The predicted molar refractivity (Wildman–Crippen MR) is 115 cm³/mol. The van der Waals surface area contributed by atoms with Gasteiger partial charge < -0.3 is 14.5 Å². The first kappa shape index (κ1) is 19.9. The van der Waals surface area contributed by atoms with Gasteiger partial charge in [0.25, 0.3) is 0 Å². The van der Waals surface area contributed by atoms with E-state index in [0.717, 1.165) is 44.5 Å². The van der Waals surface area contributed by atoms with E-state index in [4.69, 9.17) is 4.74 Å². The molecule has 29 heavy (non-hydrogen) atoms. The zero-order valence-corrected chi connectivity index (χ0v) is 17.5. The van der Waals surface area contributed by atoms with Crippen molar-refractivity contribution in [3.05, 3.63) is 59.8 Å². The molecule has 154 valence electrons. The zero-order chi connectivity index (χ0) is 20.3. The minimum atomic E-state index is -0.362. The first-order valence-corrected chi connectivity index (χ1v) is 10.7. The number of nitrogens with zero attached hydrogens (tertiary/aromatic N) is 3. The molecule has 1 aromatic carbocycles. The Morgan fingerprint density at radius 1 is 1.21 bits per heavy atom. The quantitative estimate of drug-likeness (QED) is 0.774. The highest BCUT2D eigenvalue weighted by atomic mass is 16.5. The van der Waals surface area contributed by atoms with Gasteiger partial charge in [-0.2, -0.15) is 0 Å². The molecule has 5 heteroatoms. The van der Waals surface area contributed by atoms with Crippen molar-refractivity contribution in [3.63, 3.8) is 0 Å². The topological polar surface area (TPSA) is 45.7 Å². The summed E-state index contributed by atoms with van der Waals surface area (Å²) in [5.74, 6) is 1.24. The van der Waals surface area contributed by atoms with Gasteiger partial charge in [0.05, 0.1) is 11.5 Å². The van der Waals surface area contributed by atoms with Gasteiger partial charge >= 0.3 is 0 Å². The average molecular weight is 394 g/mol. The van der Waals surface area contributed by atoms with E-state index in [1.807, 2.05) is 31.3 Å². The summed E-state index contributed by atoms with van der Waals surface area (Å²) in [5, 5.41) is 0. The van der Waals surface area contributed by atoms with E-state index < -0.39 is 0 Å². The van der Waals surface area contributed by atoms with E-state index >= 15 is 0 Å². The normalized spacial score (nSPS) is 21.2. The molecule has 2 aromatic rings. The van der Waals surface area contributed by atoms with E-state index in [-0.39, 0.29) is 11.5 Å². The number of aromatic nitrogens is 1. The highest BCUT2D eigenvalue weighted by Crippen LogP contribution is 2.42. The number of carbonyl (C=O) groups excluding carboxylic acids is 1. The van der Waals surface area contributed by atoms with Gasteiger partial charge in [-0.25, -0.2) is 4.98 Å². The van der Waals surface area contributed by atoms with Gasteiger partial charge in [-0.15, -0.1) is 0 Å². The molecule has 4 rings (SSSR count). The van der Waals surface area contributed by atoms with Crippen LogP contribution in [0.2, 0.25) is 0 Å². The fourth-order valence-corrected chi connectivity index (χ4v) is 4.76. The van der Waals surface area contributed by atoms with Crippen molar-refractivity contribution in [2.24, 2.45) is 5.41 Å². The van der Waals surface area contributed by atoms with E-state index in [0.29, 0.717) is 19.1 Å². The number of carbonyl (C=O) groups is 1. The maximum Gasteiger partial charge on any atom is 0.229 e. The number of anilines is 1. The van der Waals surface area contributed by atoms with Gasteiger partial charge in [-0.3, -0.25) is 4.79 Å². The second kappa shape index (κ2) is 8.54. The molecule has 2 fully saturated rings. The highest BCUT2D eigenvalue weighted by molar-refractivity contribution is 5.84. The molecule has 2 saturated heterocycles. The molecule has 0 saturated carbocycles. The maximum atomic E-state index is 14.0. The van der Waals surface area contributed by atoms with Gasteiger partial charge in [0.2, 0.25) is 5.91 Å². The molecule has 5 nitrogen and oxygen atoms in total. The molecule has 0 bridgehead atoms. The molecule has 0 spiro atoms. The summed E-state index contributed by atoms with van der Waals surface area (Å²) in [4.78, 5) is 22.6. The SMILES string of the molecule is CN(C)c1cc([C@@H]2CCCN2C(=O)C2(Cc3ccccc3)CCOCC2)ccn1. The summed E-state index contributed by atoms with van der Waals surface area (Å²) in [7, 11) is 4.00. The Bertz CT molecular complexity index is 831. The van der Waals surface area contributed by atoms with Crippen LogP contribution in [0.3, 0.4) is 0 Å². The van der Waals surface area contributed by atoms with Crippen molar-refractivity contribution in [3.8, 4) is 0 Å². The van der Waals surface area contributed by atoms with Crippen molar-refractivity contribution in [1.82, 2.24) is 9.88 Å². The summed E-state index contributed by atoms with van der Waals surface area (Å²) in [6.45, 7) is 2.16. The summed E-state index contributed by atoms with van der Waals surface area (Å²) in [6, 6.07) is 14.8. The number of rotatable bonds is 5. The lowest BCUT2D eigenvalue weighted by Gasteiger charge is -2.40. The summed E-state index contributed by atoms with van der Waals surface area (Å²) in [5.41, 5.74) is 2.06. The van der Waals surface area contributed by atoms with E-state index in [9.17, 15) is 4.79 Å². The second-order valence-corrected chi connectivity index (χ2v) is 8.55. The van der Waals surface area contributed by atoms with Gasteiger partial charge in [0.15, 0.2) is 0 Å². The van der Waals surface area contributed by atoms with E-state index in [1.165, 1.54) is 11.1 Å². The first-order chi connectivity index (χ1) is 14.1. The summed E-state index contributed by atoms with van der Waals surface area (Å²) >= 11 is 0. The highest BCUT2D eigenvalue weighted by Gasteiger charge is 2.45. The van der Waals surface area contributed by atoms with Gasteiger partial charge in [0.1, 0.15) is 5.82 Å². The minimum Gasteiger partial charge on any atom is -0.381 e. The third-order valence-corrected chi connectivity index (χ3v) is 6.42. The Hall–Kier alpha value is -2.40. The Kier molecular flexibility index (Phi) is 5.86. The smallest absolute Gasteiger partial charge is 0.229 e. The number of ether oxygens (including phenoxy) is 1. The monoisotopic (exact) mass is 393 g/mol. The molecule has 1 amide bonds. The molecule has 0 aliphatic carbocycles. The third kappa shape index (κ3) is 4.15. The Labute approximate surface area is 173 Å². The molecule has 0 N–H and O–H groups in total. The van der Waals surface area contributed by atoms with Crippen molar-refractivity contribution >= 4 is 11.7 Å². The Morgan fingerprint density at radius 2 is 1.97 bits per heavy atom. The van der Waals surface area contributed by atoms with Crippen molar-refractivity contribution < 1.29 is 9.53 Å². The van der Waals surface area contributed by atoms with Crippen LogP contribution in [0, 0.1) is 5.41 Å². The van der Waals surface area contributed by atoms with Gasteiger partial charge in [-0.05, 0) is 55.4 Å². The lowest BCUT2D eigenvalue weighted by molar-refractivity contribution is -0.149. The fraction of sp³-hybridized carbons (Fsp3) is 0.500. The molecule has 1 atom stereocenters. The first-order valence-electron chi connectivity index (χ1n) is 10.7. The molecule has 2 aliphatic heterocycles. The van der Waals surface area contributed by atoms with E-state index in [1.54, 1.807) is 0 Å². The van der Waals surface area contributed by atoms with Crippen molar-refractivity contribution in [1.29, 1.82) is 0 Å². The van der Waals surface area contributed by atoms with Gasteiger partial charge in [-0.1, -0.05) is 30.3 Å². The minimum absolute atomic E-state index is 0.139. The lowest BCUT2D eigenvalue weighted by Crippen LogP contribution is -2.48. The van der Waals surface area contributed by atoms with Crippen LogP contribution in [-0.4, -0.2) is 49.6 Å². The number of hydrogen-bond acceptors (Lipinski definition) is 4.